The van der Waals surface area contributed by atoms with E-state index in [0.29, 0.717) is 12.6 Å². The van der Waals surface area contributed by atoms with Crippen LogP contribution in [-0.4, -0.2) is 60.5 Å². The number of carboxylic acids is 1. The number of likely N-dealkylation sites (tertiary alicyclic amines) is 1. The van der Waals surface area contributed by atoms with Crippen molar-refractivity contribution in [2.75, 3.05) is 32.9 Å². The largest absolute Gasteiger partial charge is 0.481 e. The Balaban J connectivity index is 1.61. The summed E-state index contributed by atoms with van der Waals surface area (Å²) in [6.45, 7) is 4.04. The van der Waals surface area contributed by atoms with Gasteiger partial charge in [0.05, 0.1) is 11.5 Å². The summed E-state index contributed by atoms with van der Waals surface area (Å²) < 4.78 is 11.5. The van der Waals surface area contributed by atoms with E-state index in [0.717, 1.165) is 58.5 Å². The SMILES string of the molecule is O=C(O)C1CCN(C2CCOC3(CCOCC3)C2)C1. The van der Waals surface area contributed by atoms with Crippen LogP contribution >= 0.6 is 0 Å². The molecule has 2 unspecified atom stereocenters. The summed E-state index contributed by atoms with van der Waals surface area (Å²) in [5.74, 6) is -0.816. The lowest BCUT2D eigenvalue weighted by molar-refractivity contribution is -0.150. The quantitative estimate of drug-likeness (QED) is 0.814. The second-order valence-corrected chi connectivity index (χ2v) is 6.11. The molecule has 3 fully saturated rings. The number of aliphatic carboxylic acids is 1. The summed E-state index contributed by atoms with van der Waals surface area (Å²) in [4.78, 5) is 13.4. The van der Waals surface area contributed by atoms with Gasteiger partial charge in [-0.05, 0) is 38.6 Å². The van der Waals surface area contributed by atoms with E-state index in [9.17, 15) is 4.79 Å². The zero-order valence-corrected chi connectivity index (χ0v) is 11.3. The Labute approximate surface area is 113 Å². The Bertz CT molecular complexity index is 335. The van der Waals surface area contributed by atoms with E-state index < -0.39 is 5.97 Å². The van der Waals surface area contributed by atoms with Gasteiger partial charge < -0.3 is 14.6 Å². The number of carbonyl (C=O) groups is 1. The molecule has 1 N–H and O–H groups in total. The first-order chi connectivity index (χ1) is 9.19. The van der Waals surface area contributed by atoms with Gasteiger partial charge in [-0.3, -0.25) is 9.69 Å². The van der Waals surface area contributed by atoms with Crippen LogP contribution in [0.2, 0.25) is 0 Å². The molecule has 0 amide bonds. The monoisotopic (exact) mass is 269 g/mol. The van der Waals surface area contributed by atoms with E-state index in [1.54, 1.807) is 0 Å². The van der Waals surface area contributed by atoms with Gasteiger partial charge in [-0.2, -0.15) is 0 Å². The standard InChI is InChI=1S/C14H23NO4/c16-13(17)11-1-5-15(10-11)12-2-6-19-14(9-12)3-7-18-8-4-14/h11-12H,1-10H2,(H,16,17). The minimum atomic E-state index is -0.643. The fraction of sp³-hybridized carbons (Fsp3) is 0.929. The van der Waals surface area contributed by atoms with Crippen molar-refractivity contribution in [2.45, 2.75) is 43.7 Å². The molecule has 5 heteroatoms. The maximum absolute atomic E-state index is 11.1. The Morgan fingerprint density at radius 3 is 2.68 bits per heavy atom. The molecule has 0 aromatic heterocycles. The van der Waals surface area contributed by atoms with E-state index >= 15 is 0 Å². The first-order valence-electron chi connectivity index (χ1n) is 7.37. The number of carboxylic acid groups (broad SMARTS) is 1. The molecule has 0 bridgehead atoms. The van der Waals surface area contributed by atoms with Crippen LogP contribution in [-0.2, 0) is 14.3 Å². The highest BCUT2D eigenvalue weighted by atomic mass is 16.5. The van der Waals surface area contributed by atoms with Crippen molar-refractivity contribution in [1.82, 2.24) is 4.90 Å². The average molecular weight is 269 g/mol. The van der Waals surface area contributed by atoms with Crippen molar-refractivity contribution in [3.05, 3.63) is 0 Å². The molecule has 3 rings (SSSR count). The van der Waals surface area contributed by atoms with E-state index in [4.69, 9.17) is 14.6 Å². The fourth-order valence-electron chi connectivity index (χ4n) is 3.73. The van der Waals surface area contributed by atoms with Crippen molar-refractivity contribution >= 4 is 5.97 Å². The maximum atomic E-state index is 11.1. The Morgan fingerprint density at radius 2 is 2.00 bits per heavy atom. The normalized spacial score (nSPS) is 35.6. The minimum absolute atomic E-state index is 0.00246. The van der Waals surface area contributed by atoms with Crippen molar-refractivity contribution in [3.8, 4) is 0 Å². The van der Waals surface area contributed by atoms with Crippen LogP contribution in [0.1, 0.15) is 32.1 Å². The van der Waals surface area contributed by atoms with Gasteiger partial charge in [-0.15, -0.1) is 0 Å². The van der Waals surface area contributed by atoms with Gasteiger partial charge in [-0.25, -0.2) is 0 Å². The van der Waals surface area contributed by atoms with Crippen molar-refractivity contribution < 1.29 is 19.4 Å². The number of hydrogen-bond acceptors (Lipinski definition) is 4. The van der Waals surface area contributed by atoms with Gasteiger partial charge in [0, 0.05) is 32.4 Å². The van der Waals surface area contributed by atoms with E-state index in [-0.39, 0.29) is 11.5 Å². The summed E-state index contributed by atoms with van der Waals surface area (Å²) in [7, 11) is 0. The first-order valence-corrected chi connectivity index (χ1v) is 7.37. The molecule has 108 valence electrons. The van der Waals surface area contributed by atoms with Gasteiger partial charge in [0.1, 0.15) is 0 Å². The number of nitrogens with zero attached hydrogens (tertiary/aromatic N) is 1. The van der Waals surface area contributed by atoms with Crippen LogP contribution in [0.4, 0.5) is 0 Å². The summed E-state index contributed by atoms with van der Waals surface area (Å²) in [6.07, 6.45) is 4.85. The third kappa shape index (κ3) is 2.78. The summed E-state index contributed by atoms with van der Waals surface area (Å²) in [6, 6.07) is 0.496. The van der Waals surface area contributed by atoms with E-state index in [1.165, 1.54) is 0 Å². The molecule has 0 saturated carbocycles. The number of rotatable bonds is 2. The molecule has 3 saturated heterocycles. The second-order valence-electron chi connectivity index (χ2n) is 6.11. The molecule has 0 aromatic carbocycles. The molecular formula is C14H23NO4. The predicted octanol–water partition coefficient (Wildman–Crippen LogP) is 1.12. The van der Waals surface area contributed by atoms with Crippen molar-refractivity contribution in [2.24, 2.45) is 5.92 Å². The molecule has 19 heavy (non-hydrogen) atoms. The van der Waals surface area contributed by atoms with Crippen LogP contribution in [0.25, 0.3) is 0 Å². The van der Waals surface area contributed by atoms with E-state index in [1.807, 2.05) is 0 Å². The zero-order chi connectivity index (χ0) is 13.3. The van der Waals surface area contributed by atoms with Crippen molar-refractivity contribution in [3.63, 3.8) is 0 Å². The number of hydrogen-bond donors (Lipinski definition) is 1. The van der Waals surface area contributed by atoms with Crippen LogP contribution in [0.3, 0.4) is 0 Å². The smallest absolute Gasteiger partial charge is 0.307 e. The van der Waals surface area contributed by atoms with Crippen LogP contribution in [0.5, 0.6) is 0 Å². The topological polar surface area (TPSA) is 59.0 Å². The van der Waals surface area contributed by atoms with Gasteiger partial charge in [0.2, 0.25) is 0 Å². The van der Waals surface area contributed by atoms with Crippen molar-refractivity contribution in [1.29, 1.82) is 0 Å². The zero-order valence-electron chi connectivity index (χ0n) is 11.3. The lowest BCUT2D eigenvalue weighted by Crippen LogP contribution is -2.50. The van der Waals surface area contributed by atoms with Crippen LogP contribution < -0.4 is 0 Å². The highest BCUT2D eigenvalue weighted by Crippen LogP contribution is 2.37. The summed E-state index contributed by atoms with van der Waals surface area (Å²) >= 11 is 0. The fourth-order valence-corrected chi connectivity index (χ4v) is 3.73. The Hall–Kier alpha value is -0.650. The van der Waals surface area contributed by atoms with Gasteiger partial charge in [0.15, 0.2) is 0 Å². The molecule has 0 radical (unpaired) electrons. The summed E-state index contributed by atoms with van der Waals surface area (Å²) in [5, 5.41) is 9.10. The van der Waals surface area contributed by atoms with Gasteiger partial charge in [-0.1, -0.05) is 0 Å². The molecule has 3 heterocycles. The lowest BCUT2D eigenvalue weighted by Gasteiger charge is -2.45. The van der Waals surface area contributed by atoms with Crippen LogP contribution in [0, 0.1) is 5.92 Å². The van der Waals surface area contributed by atoms with Crippen LogP contribution in [0.15, 0.2) is 0 Å². The highest BCUT2D eigenvalue weighted by Gasteiger charge is 2.42. The molecular weight excluding hydrogens is 246 g/mol. The molecule has 0 aromatic rings. The molecule has 2 atom stereocenters. The molecule has 3 aliphatic heterocycles. The minimum Gasteiger partial charge on any atom is -0.481 e. The Kier molecular flexibility index (Phi) is 3.78. The van der Waals surface area contributed by atoms with Gasteiger partial charge >= 0.3 is 5.97 Å². The molecule has 3 aliphatic rings. The first kappa shape index (κ1) is 13.3. The molecule has 1 spiro atoms. The number of ether oxygens (including phenoxy) is 2. The third-order valence-corrected chi connectivity index (χ3v) is 4.96. The average Bonchev–Trinajstić information content (AvgIpc) is 2.89. The van der Waals surface area contributed by atoms with E-state index in [2.05, 4.69) is 4.90 Å². The third-order valence-electron chi connectivity index (χ3n) is 4.96. The second kappa shape index (κ2) is 5.38. The predicted molar refractivity (Wildman–Crippen MR) is 69.1 cm³/mol. The maximum Gasteiger partial charge on any atom is 0.307 e. The molecule has 5 nitrogen and oxygen atoms in total. The Morgan fingerprint density at radius 1 is 1.21 bits per heavy atom. The lowest BCUT2D eigenvalue weighted by atomic mass is 9.83. The summed E-state index contributed by atoms with van der Waals surface area (Å²) in [5.41, 5.74) is 0.00246. The van der Waals surface area contributed by atoms with Gasteiger partial charge in [0.25, 0.3) is 0 Å². The highest BCUT2D eigenvalue weighted by molar-refractivity contribution is 5.70. The molecule has 0 aliphatic carbocycles.